The van der Waals surface area contributed by atoms with Crippen molar-refractivity contribution >= 4 is 11.9 Å². The van der Waals surface area contributed by atoms with Gasteiger partial charge in [-0.3, -0.25) is 9.48 Å². The number of amides is 1. The molecule has 1 amide bonds. The Labute approximate surface area is 154 Å². The van der Waals surface area contributed by atoms with E-state index in [1.165, 1.54) is 30.0 Å². The van der Waals surface area contributed by atoms with E-state index in [4.69, 9.17) is 5.11 Å². The molecule has 0 saturated carbocycles. The number of benzene rings is 1. The van der Waals surface area contributed by atoms with Crippen LogP contribution in [0.2, 0.25) is 0 Å². The van der Waals surface area contributed by atoms with Gasteiger partial charge in [-0.1, -0.05) is 29.8 Å². The van der Waals surface area contributed by atoms with E-state index in [2.05, 4.69) is 36.3 Å². The van der Waals surface area contributed by atoms with Crippen LogP contribution in [0.25, 0.3) is 0 Å². The van der Waals surface area contributed by atoms with Crippen molar-refractivity contribution < 1.29 is 14.7 Å². The van der Waals surface area contributed by atoms with Gasteiger partial charge in [-0.2, -0.15) is 5.10 Å². The summed E-state index contributed by atoms with van der Waals surface area (Å²) < 4.78 is 1.96. The first-order chi connectivity index (χ1) is 12.2. The molecule has 1 unspecified atom stereocenters. The highest BCUT2D eigenvalue weighted by molar-refractivity contribution is 5.83. The zero-order valence-corrected chi connectivity index (χ0v) is 16.1. The number of nitrogens with zero attached hydrogens (tertiary/aromatic N) is 3. The molecule has 0 fully saturated rings. The van der Waals surface area contributed by atoms with Gasteiger partial charge in [0.2, 0.25) is 5.91 Å². The Morgan fingerprint density at radius 3 is 2.38 bits per heavy atom. The van der Waals surface area contributed by atoms with Crippen molar-refractivity contribution in [3.63, 3.8) is 0 Å². The molecule has 1 heterocycles. The van der Waals surface area contributed by atoms with Crippen molar-refractivity contribution in [3.05, 3.63) is 52.3 Å². The van der Waals surface area contributed by atoms with Gasteiger partial charge in [-0.05, 0) is 45.2 Å². The molecule has 0 saturated heterocycles. The van der Waals surface area contributed by atoms with Gasteiger partial charge in [0.1, 0.15) is 6.04 Å². The Bertz CT molecular complexity index is 793. The summed E-state index contributed by atoms with van der Waals surface area (Å²) >= 11 is 0. The highest BCUT2D eigenvalue weighted by Crippen LogP contribution is 2.17. The normalized spacial score (nSPS) is 12.0. The third-order valence-electron chi connectivity index (χ3n) is 4.90. The standard InChI is InChI=1S/C20H27N3O3/c1-13-6-8-17(9-7-13)12-23-15(3)18(14(2)21-23)10-11-19(24)22(5)16(4)20(25)26/h6-9,16H,10-12H2,1-5H3,(H,25,26). The van der Waals surface area contributed by atoms with Crippen LogP contribution in [0.4, 0.5) is 0 Å². The molecule has 0 aliphatic carbocycles. The number of aromatic nitrogens is 2. The number of carboxylic acid groups (broad SMARTS) is 1. The van der Waals surface area contributed by atoms with Gasteiger partial charge in [0.25, 0.3) is 0 Å². The lowest BCUT2D eigenvalue weighted by Crippen LogP contribution is -2.40. The highest BCUT2D eigenvalue weighted by Gasteiger charge is 2.22. The number of rotatable bonds is 7. The SMILES string of the molecule is Cc1ccc(Cn2nc(C)c(CCC(=O)N(C)C(C)C(=O)O)c2C)cc1. The van der Waals surface area contributed by atoms with Crippen LogP contribution >= 0.6 is 0 Å². The van der Waals surface area contributed by atoms with E-state index in [-0.39, 0.29) is 12.3 Å². The van der Waals surface area contributed by atoms with E-state index in [0.717, 1.165) is 17.0 Å². The maximum atomic E-state index is 12.2. The summed E-state index contributed by atoms with van der Waals surface area (Å²) in [5.74, 6) is -1.18. The zero-order valence-electron chi connectivity index (χ0n) is 16.1. The van der Waals surface area contributed by atoms with Crippen molar-refractivity contribution in [1.29, 1.82) is 0 Å². The summed E-state index contributed by atoms with van der Waals surface area (Å²) in [7, 11) is 1.53. The second kappa shape index (κ2) is 8.17. The van der Waals surface area contributed by atoms with Crippen molar-refractivity contribution in [2.24, 2.45) is 0 Å². The Balaban J connectivity index is 2.06. The Hall–Kier alpha value is -2.63. The minimum absolute atomic E-state index is 0.176. The summed E-state index contributed by atoms with van der Waals surface area (Å²) in [5.41, 5.74) is 5.42. The number of aliphatic carboxylic acids is 1. The van der Waals surface area contributed by atoms with Crippen LogP contribution in [0, 0.1) is 20.8 Å². The van der Waals surface area contributed by atoms with Crippen molar-refractivity contribution in [2.45, 2.75) is 53.1 Å². The first-order valence-electron chi connectivity index (χ1n) is 8.77. The molecule has 0 radical (unpaired) electrons. The zero-order chi connectivity index (χ0) is 19.4. The van der Waals surface area contributed by atoms with Crippen LogP contribution in [0.5, 0.6) is 0 Å². The van der Waals surface area contributed by atoms with Crippen molar-refractivity contribution in [3.8, 4) is 0 Å². The van der Waals surface area contributed by atoms with Crippen LogP contribution in [-0.4, -0.2) is 44.8 Å². The van der Waals surface area contributed by atoms with Crippen molar-refractivity contribution in [1.82, 2.24) is 14.7 Å². The summed E-state index contributed by atoms with van der Waals surface area (Å²) in [6, 6.07) is 7.53. The van der Waals surface area contributed by atoms with Gasteiger partial charge in [0, 0.05) is 19.2 Å². The Kier molecular flexibility index (Phi) is 6.18. The number of hydrogen-bond donors (Lipinski definition) is 1. The summed E-state index contributed by atoms with van der Waals surface area (Å²) in [5, 5.41) is 13.6. The van der Waals surface area contributed by atoms with Gasteiger partial charge < -0.3 is 10.0 Å². The number of likely N-dealkylation sites (N-methyl/N-ethyl adjacent to an activating group) is 1. The number of carbonyl (C=O) groups is 2. The van der Waals surface area contributed by atoms with Crippen LogP contribution in [0.15, 0.2) is 24.3 Å². The number of carboxylic acids is 1. The molecule has 1 aromatic carbocycles. The Morgan fingerprint density at radius 2 is 1.81 bits per heavy atom. The molecule has 2 aromatic rings. The minimum atomic E-state index is -1.00. The number of carbonyl (C=O) groups excluding carboxylic acids is 1. The molecule has 1 aromatic heterocycles. The topological polar surface area (TPSA) is 75.4 Å². The molecule has 6 nitrogen and oxygen atoms in total. The van der Waals surface area contributed by atoms with E-state index >= 15 is 0 Å². The molecule has 2 rings (SSSR count). The van der Waals surface area contributed by atoms with Gasteiger partial charge in [-0.25, -0.2) is 4.79 Å². The quantitative estimate of drug-likeness (QED) is 0.827. The lowest BCUT2D eigenvalue weighted by atomic mass is 10.1. The molecule has 0 bridgehead atoms. The lowest BCUT2D eigenvalue weighted by molar-refractivity contribution is -0.148. The second-order valence-electron chi connectivity index (χ2n) is 6.81. The van der Waals surface area contributed by atoms with Gasteiger partial charge in [-0.15, -0.1) is 0 Å². The lowest BCUT2D eigenvalue weighted by Gasteiger charge is -2.21. The maximum Gasteiger partial charge on any atom is 0.326 e. The van der Waals surface area contributed by atoms with E-state index in [1.807, 2.05) is 18.5 Å². The van der Waals surface area contributed by atoms with Crippen LogP contribution < -0.4 is 0 Å². The number of hydrogen-bond acceptors (Lipinski definition) is 3. The fourth-order valence-corrected chi connectivity index (χ4v) is 2.91. The van der Waals surface area contributed by atoms with Crippen molar-refractivity contribution in [2.75, 3.05) is 7.05 Å². The highest BCUT2D eigenvalue weighted by atomic mass is 16.4. The molecule has 1 N–H and O–H groups in total. The third-order valence-corrected chi connectivity index (χ3v) is 4.90. The average Bonchev–Trinajstić information content (AvgIpc) is 2.86. The molecular formula is C20H27N3O3. The smallest absolute Gasteiger partial charge is 0.326 e. The van der Waals surface area contributed by atoms with Crippen LogP contribution in [-0.2, 0) is 22.6 Å². The molecular weight excluding hydrogens is 330 g/mol. The molecule has 6 heteroatoms. The second-order valence-corrected chi connectivity index (χ2v) is 6.81. The monoisotopic (exact) mass is 357 g/mol. The van der Waals surface area contributed by atoms with E-state index in [1.54, 1.807) is 0 Å². The van der Waals surface area contributed by atoms with Gasteiger partial charge in [0.05, 0.1) is 12.2 Å². The first kappa shape index (κ1) is 19.7. The van der Waals surface area contributed by atoms with E-state index in [9.17, 15) is 9.59 Å². The predicted octanol–water partition coefficient (Wildman–Crippen LogP) is 2.72. The third kappa shape index (κ3) is 4.50. The van der Waals surface area contributed by atoms with Crippen LogP contribution in [0.3, 0.4) is 0 Å². The summed E-state index contributed by atoms with van der Waals surface area (Å²) in [4.78, 5) is 24.5. The van der Waals surface area contributed by atoms with Gasteiger partial charge >= 0.3 is 5.97 Å². The minimum Gasteiger partial charge on any atom is -0.480 e. The predicted molar refractivity (Wildman–Crippen MR) is 100 cm³/mol. The fraction of sp³-hybridized carbons (Fsp3) is 0.450. The molecule has 0 aliphatic heterocycles. The summed E-state index contributed by atoms with van der Waals surface area (Å²) in [6.07, 6.45) is 0.826. The molecule has 0 aliphatic rings. The first-order valence-corrected chi connectivity index (χ1v) is 8.77. The van der Waals surface area contributed by atoms with Gasteiger partial charge in [0.15, 0.2) is 0 Å². The van der Waals surface area contributed by atoms with E-state index in [0.29, 0.717) is 13.0 Å². The Morgan fingerprint density at radius 1 is 1.19 bits per heavy atom. The molecule has 140 valence electrons. The number of aryl methyl sites for hydroxylation is 2. The molecule has 26 heavy (non-hydrogen) atoms. The maximum absolute atomic E-state index is 12.2. The fourth-order valence-electron chi connectivity index (χ4n) is 2.91. The van der Waals surface area contributed by atoms with E-state index < -0.39 is 12.0 Å². The molecule has 1 atom stereocenters. The summed E-state index contributed by atoms with van der Waals surface area (Å²) in [6.45, 7) is 8.22. The largest absolute Gasteiger partial charge is 0.480 e. The van der Waals surface area contributed by atoms with Crippen LogP contribution in [0.1, 0.15) is 41.4 Å². The molecule has 0 spiro atoms. The average molecular weight is 357 g/mol.